The molecule has 7 nitrogen and oxygen atoms in total. The average molecular weight is 592 g/mol. The number of anilines is 2. The number of nitrogens with one attached hydrogen (secondary N) is 2. The van der Waals surface area contributed by atoms with Crippen molar-refractivity contribution >= 4 is 62.9 Å². The molecule has 5 rings (SSSR count). The van der Waals surface area contributed by atoms with Crippen molar-refractivity contribution in [2.45, 2.75) is 31.3 Å². The number of hydrogen-bond donors (Lipinski definition) is 2. The number of carbonyl (C=O) groups excluding carboxylic acids is 3. The minimum absolute atomic E-state index is 0.160. The number of carbonyl (C=O) groups is 3. The molecule has 2 N–H and O–H groups in total. The highest BCUT2D eigenvalue weighted by Gasteiger charge is 2.29. The van der Waals surface area contributed by atoms with Crippen LogP contribution in [0.2, 0.25) is 0 Å². The van der Waals surface area contributed by atoms with Gasteiger partial charge in [0.1, 0.15) is 5.00 Å². The maximum absolute atomic E-state index is 13.0. The summed E-state index contributed by atoms with van der Waals surface area (Å²) in [6.07, 6.45) is 0.724. The van der Waals surface area contributed by atoms with Crippen molar-refractivity contribution in [2.24, 2.45) is 0 Å². The van der Waals surface area contributed by atoms with Crippen molar-refractivity contribution in [3.63, 3.8) is 0 Å². The number of benzene rings is 2. The van der Waals surface area contributed by atoms with E-state index < -0.39 is 5.97 Å². The molecular formula is C30H29N3O4S3. The number of thioether (sulfide) groups is 1. The van der Waals surface area contributed by atoms with E-state index in [1.54, 1.807) is 13.0 Å². The van der Waals surface area contributed by atoms with E-state index in [9.17, 15) is 14.4 Å². The molecule has 0 spiro atoms. The highest BCUT2D eigenvalue weighted by Crippen LogP contribution is 2.38. The molecule has 3 heterocycles. The van der Waals surface area contributed by atoms with E-state index in [2.05, 4.69) is 27.7 Å². The summed E-state index contributed by atoms with van der Waals surface area (Å²) >= 11 is 4.21. The first-order valence-corrected chi connectivity index (χ1v) is 15.6. The van der Waals surface area contributed by atoms with Gasteiger partial charge in [0.25, 0.3) is 5.91 Å². The van der Waals surface area contributed by atoms with Gasteiger partial charge in [-0.15, -0.1) is 34.4 Å². The second-order valence-corrected chi connectivity index (χ2v) is 12.3. The van der Waals surface area contributed by atoms with Crippen molar-refractivity contribution in [3.05, 3.63) is 98.6 Å². The fourth-order valence-electron chi connectivity index (χ4n) is 4.52. The van der Waals surface area contributed by atoms with Gasteiger partial charge in [0.2, 0.25) is 5.91 Å². The Morgan fingerprint density at radius 1 is 1.02 bits per heavy atom. The molecule has 0 unspecified atom stereocenters. The van der Waals surface area contributed by atoms with Gasteiger partial charge in [0.15, 0.2) is 0 Å². The Balaban J connectivity index is 1.24. The Hall–Kier alpha value is -3.44. The molecule has 2 amide bonds. The molecule has 2 aromatic heterocycles. The summed E-state index contributed by atoms with van der Waals surface area (Å²) in [6, 6.07) is 21.3. The van der Waals surface area contributed by atoms with Crippen molar-refractivity contribution in [2.75, 3.05) is 29.5 Å². The normalized spacial score (nSPS) is 12.9. The van der Waals surface area contributed by atoms with E-state index in [-0.39, 0.29) is 24.2 Å². The van der Waals surface area contributed by atoms with E-state index in [0.29, 0.717) is 21.1 Å². The molecule has 206 valence electrons. The molecule has 0 radical (unpaired) electrons. The monoisotopic (exact) mass is 591 g/mol. The summed E-state index contributed by atoms with van der Waals surface area (Å²) in [4.78, 5) is 43.2. The molecule has 4 aromatic rings. The van der Waals surface area contributed by atoms with Gasteiger partial charge >= 0.3 is 5.97 Å². The van der Waals surface area contributed by atoms with Crippen LogP contribution < -0.4 is 10.6 Å². The first kappa shape index (κ1) is 28.1. The van der Waals surface area contributed by atoms with Gasteiger partial charge in [-0.05, 0) is 54.1 Å². The van der Waals surface area contributed by atoms with Crippen LogP contribution in [-0.4, -0.2) is 41.6 Å². The zero-order valence-corrected chi connectivity index (χ0v) is 24.4. The van der Waals surface area contributed by atoms with E-state index >= 15 is 0 Å². The number of esters is 1. The van der Waals surface area contributed by atoms with Crippen LogP contribution in [0.15, 0.2) is 77.0 Å². The Labute approximate surface area is 245 Å². The maximum Gasteiger partial charge on any atom is 0.341 e. The third-order valence-corrected chi connectivity index (χ3v) is 9.32. The second kappa shape index (κ2) is 13.3. The van der Waals surface area contributed by atoms with Crippen molar-refractivity contribution in [3.8, 4) is 0 Å². The average Bonchev–Trinajstić information content (AvgIpc) is 3.61. The molecule has 2 aromatic carbocycles. The van der Waals surface area contributed by atoms with Crippen LogP contribution in [0, 0.1) is 0 Å². The number of nitrogens with zero attached hydrogens (tertiary/aromatic N) is 1. The summed E-state index contributed by atoms with van der Waals surface area (Å²) < 4.78 is 5.36. The lowest BCUT2D eigenvalue weighted by Crippen LogP contribution is -2.30. The van der Waals surface area contributed by atoms with E-state index in [1.165, 1.54) is 40.0 Å². The SMILES string of the molecule is CCOC(=O)c1c(NC(=O)CSc2cccc(NC(=O)c3cccs3)c2)sc2c1CCN(Cc1ccccc1)C2. The third-order valence-electron chi connectivity index (χ3n) is 6.32. The van der Waals surface area contributed by atoms with Crippen molar-refractivity contribution in [1.82, 2.24) is 4.90 Å². The molecule has 0 saturated carbocycles. The number of thiophene rings is 2. The van der Waals surface area contributed by atoms with Crippen LogP contribution in [0.1, 0.15) is 43.0 Å². The molecule has 40 heavy (non-hydrogen) atoms. The minimum Gasteiger partial charge on any atom is -0.462 e. The lowest BCUT2D eigenvalue weighted by Gasteiger charge is -2.27. The van der Waals surface area contributed by atoms with E-state index in [0.717, 1.165) is 41.4 Å². The van der Waals surface area contributed by atoms with Crippen LogP contribution in [0.5, 0.6) is 0 Å². The van der Waals surface area contributed by atoms with Gasteiger partial charge in [-0.2, -0.15) is 0 Å². The summed E-state index contributed by atoms with van der Waals surface area (Å²) in [5.74, 6) is -0.602. The lowest BCUT2D eigenvalue weighted by molar-refractivity contribution is -0.113. The molecule has 0 atom stereocenters. The minimum atomic E-state index is -0.395. The number of rotatable bonds is 10. The fourth-order valence-corrected chi connectivity index (χ4v) is 7.18. The van der Waals surface area contributed by atoms with Crippen LogP contribution in [0.4, 0.5) is 10.7 Å². The van der Waals surface area contributed by atoms with Gasteiger partial charge in [-0.3, -0.25) is 14.5 Å². The molecule has 0 bridgehead atoms. The Bertz CT molecular complexity index is 1490. The van der Waals surface area contributed by atoms with Gasteiger partial charge in [-0.1, -0.05) is 42.5 Å². The van der Waals surface area contributed by atoms with Crippen molar-refractivity contribution in [1.29, 1.82) is 0 Å². The molecule has 0 fully saturated rings. The summed E-state index contributed by atoms with van der Waals surface area (Å²) in [7, 11) is 0. The zero-order chi connectivity index (χ0) is 27.9. The second-order valence-electron chi connectivity index (χ2n) is 9.17. The quantitative estimate of drug-likeness (QED) is 0.161. The summed E-state index contributed by atoms with van der Waals surface area (Å²) in [5.41, 5.74) is 3.37. The van der Waals surface area contributed by atoms with Gasteiger partial charge < -0.3 is 15.4 Å². The molecule has 1 aliphatic heterocycles. The fraction of sp³-hybridized carbons (Fsp3) is 0.233. The smallest absolute Gasteiger partial charge is 0.341 e. The van der Waals surface area contributed by atoms with Crippen LogP contribution in [0.25, 0.3) is 0 Å². The largest absolute Gasteiger partial charge is 0.462 e. The highest BCUT2D eigenvalue weighted by molar-refractivity contribution is 8.00. The first-order chi connectivity index (χ1) is 19.5. The highest BCUT2D eigenvalue weighted by atomic mass is 32.2. The van der Waals surface area contributed by atoms with Crippen molar-refractivity contribution < 1.29 is 19.1 Å². The predicted octanol–water partition coefficient (Wildman–Crippen LogP) is 6.53. The number of hydrogen-bond acceptors (Lipinski definition) is 8. The number of fused-ring (bicyclic) bond motifs is 1. The van der Waals surface area contributed by atoms with Gasteiger partial charge in [0.05, 0.1) is 22.8 Å². The van der Waals surface area contributed by atoms with E-state index in [4.69, 9.17) is 4.74 Å². The third kappa shape index (κ3) is 7.00. The number of amides is 2. The van der Waals surface area contributed by atoms with Crippen LogP contribution in [-0.2, 0) is 29.0 Å². The topological polar surface area (TPSA) is 87.7 Å². The van der Waals surface area contributed by atoms with Gasteiger partial charge in [0, 0.05) is 35.1 Å². The Kier molecular flexibility index (Phi) is 9.33. The Morgan fingerprint density at radius 3 is 2.65 bits per heavy atom. The molecular weight excluding hydrogens is 563 g/mol. The zero-order valence-electron chi connectivity index (χ0n) is 22.0. The van der Waals surface area contributed by atoms with Gasteiger partial charge in [-0.25, -0.2) is 4.79 Å². The van der Waals surface area contributed by atoms with Crippen LogP contribution in [0.3, 0.4) is 0 Å². The maximum atomic E-state index is 13.0. The van der Waals surface area contributed by atoms with Crippen LogP contribution >= 0.6 is 34.4 Å². The molecule has 0 aliphatic carbocycles. The molecule has 10 heteroatoms. The predicted molar refractivity (Wildman–Crippen MR) is 163 cm³/mol. The standard InChI is InChI=1S/C30H29N3O4S3/c1-2-37-30(36)27-23-13-14-33(17-20-8-4-3-5-9-20)18-25(23)40-29(27)32-26(34)19-39-22-11-6-10-21(16-22)31-28(35)24-12-7-15-38-24/h3-12,15-16H,2,13-14,17-19H2,1H3,(H,31,35)(H,32,34). The van der Waals surface area contributed by atoms with E-state index in [1.807, 2.05) is 53.9 Å². The summed E-state index contributed by atoms with van der Waals surface area (Å²) in [5, 5.41) is 8.28. The lowest BCUT2D eigenvalue weighted by atomic mass is 10.0. The first-order valence-electron chi connectivity index (χ1n) is 13.0. The Morgan fingerprint density at radius 2 is 1.88 bits per heavy atom. The number of ether oxygens (including phenoxy) is 1. The summed E-state index contributed by atoms with van der Waals surface area (Å²) in [6.45, 7) is 4.43. The molecule has 1 aliphatic rings. The molecule has 0 saturated heterocycles.